The number of carbonyl (C=O) groups excluding carboxylic acids is 1. The summed E-state index contributed by atoms with van der Waals surface area (Å²) in [5.74, 6) is 0.210. The molecule has 0 unspecified atom stereocenters. The van der Waals surface area contributed by atoms with Gasteiger partial charge in [-0.3, -0.25) is 9.69 Å². The highest BCUT2D eigenvalue weighted by molar-refractivity contribution is 7.09. The van der Waals surface area contributed by atoms with Gasteiger partial charge in [0, 0.05) is 34.9 Å². The largest absolute Gasteiger partial charge is 0.373 e. The molecule has 2 atom stereocenters. The summed E-state index contributed by atoms with van der Waals surface area (Å²) in [5.41, 5.74) is 3.07. The van der Waals surface area contributed by atoms with E-state index in [1.807, 2.05) is 6.07 Å². The molecular formula is C19H26N2O2S. The molecule has 0 saturated carbocycles. The summed E-state index contributed by atoms with van der Waals surface area (Å²) in [5, 5.41) is 2.09. The number of ether oxygens (including phenoxy) is 1. The van der Waals surface area contributed by atoms with Crippen molar-refractivity contribution in [2.75, 3.05) is 19.6 Å². The predicted molar refractivity (Wildman–Crippen MR) is 98.1 cm³/mol. The van der Waals surface area contributed by atoms with Crippen LogP contribution >= 0.6 is 11.3 Å². The van der Waals surface area contributed by atoms with Crippen molar-refractivity contribution >= 4 is 17.1 Å². The third kappa shape index (κ3) is 3.79. The number of hydrogen-bond acceptors (Lipinski definition) is 4. The molecule has 0 bridgehead atoms. The van der Waals surface area contributed by atoms with Gasteiger partial charge in [-0.05, 0) is 45.2 Å². The number of nitrogens with zero attached hydrogens (tertiary/aromatic N) is 2. The van der Waals surface area contributed by atoms with Crippen molar-refractivity contribution in [1.82, 2.24) is 9.47 Å². The van der Waals surface area contributed by atoms with Crippen molar-refractivity contribution in [1.29, 1.82) is 0 Å². The Bertz CT molecular complexity index is 695. The van der Waals surface area contributed by atoms with Crippen LogP contribution in [0.25, 0.3) is 0 Å². The topological polar surface area (TPSA) is 34.5 Å². The maximum Gasteiger partial charge on any atom is 0.178 e. The Labute approximate surface area is 148 Å². The molecule has 1 aliphatic heterocycles. The number of carbonyl (C=O) groups is 1. The zero-order chi connectivity index (χ0) is 17.3. The van der Waals surface area contributed by atoms with Gasteiger partial charge in [0.15, 0.2) is 5.78 Å². The smallest absolute Gasteiger partial charge is 0.178 e. The van der Waals surface area contributed by atoms with Gasteiger partial charge in [0.05, 0.1) is 25.3 Å². The van der Waals surface area contributed by atoms with E-state index in [0.717, 1.165) is 36.6 Å². The van der Waals surface area contributed by atoms with E-state index in [9.17, 15) is 4.79 Å². The summed E-state index contributed by atoms with van der Waals surface area (Å²) >= 11 is 1.75. The molecule has 4 nitrogen and oxygen atoms in total. The standard InChI is InChI=1S/C19H26N2O2S/c1-13-8-18(16(4)21(13)11-17-6-5-7-24-17)19(22)12-20-9-14(2)23-15(3)10-20/h5-8,14-15H,9-12H2,1-4H3/t14-,15-/m0/s1. The number of ketones is 1. The number of aromatic nitrogens is 1. The van der Waals surface area contributed by atoms with Crippen LogP contribution in [0.2, 0.25) is 0 Å². The number of morpholine rings is 1. The molecule has 0 radical (unpaired) electrons. The van der Waals surface area contributed by atoms with Crippen molar-refractivity contribution < 1.29 is 9.53 Å². The fourth-order valence-electron chi connectivity index (χ4n) is 3.59. The number of hydrogen-bond donors (Lipinski definition) is 0. The minimum absolute atomic E-state index is 0.188. The number of thiophene rings is 1. The average molecular weight is 346 g/mol. The second-order valence-corrected chi connectivity index (χ2v) is 7.86. The molecule has 5 heteroatoms. The SMILES string of the molecule is Cc1cc(C(=O)CN2C[C@H](C)O[C@@H](C)C2)c(C)n1Cc1cccs1. The number of aryl methyl sites for hydroxylation is 1. The van der Waals surface area contributed by atoms with Crippen LogP contribution in [0, 0.1) is 13.8 Å². The van der Waals surface area contributed by atoms with Crippen LogP contribution < -0.4 is 0 Å². The summed E-state index contributed by atoms with van der Waals surface area (Å²) in [6, 6.07) is 6.25. The molecule has 0 aliphatic carbocycles. The molecule has 0 N–H and O–H groups in total. The maximum atomic E-state index is 12.8. The molecule has 1 aliphatic rings. The molecule has 3 rings (SSSR count). The van der Waals surface area contributed by atoms with E-state index in [0.29, 0.717) is 6.54 Å². The lowest BCUT2D eigenvalue weighted by atomic mass is 10.1. The lowest BCUT2D eigenvalue weighted by Crippen LogP contribution is -2.47. The van der Waals surface area contributed by atoms with Crippen molar-refractivity contribution in [3.05, 3.63) is 45.4 Å². The van der Waals surface area contributed by atoms with Gasteiger partial charge in [-0.15, -0.1) is 11.3 Å². The van der Waals surface area contributed by atoms with Crippen molar-refractivity contribution in [2.45, 2.75) is 46.4 Å². The van der Waals surface area contributed by atoms with E-state index in [4.69, 9.17) is 4.74 Å². The summed E-state index contributed by atoms with van der Waals surface area (Å²) in [6.45, 7) is 11.2. The lowest BCUT2D eigenvalue weighted by Gasteiger charge is -2.34. The Morgan fingerprint density at radius 3 is 2.62 bits per heavy atom. The van der Waals surface area contributed by atoms with Crippen molar-refractivity contribution in [3.8, 4) is 0 Å². The molecule has 0 spiro atoms. The first kappa shape index (κ1) is 17.4. The van der Waals surface area contributed by atoms with Crippen LogP contribution in [0.3, 0.4) is 0 Å². The van der Waals surface area contributed by atoms with Crippen LogP contribution in [-0.4, -0.2) is 47.1 Å². The van der Waals surface area contributed by atoms with Crippen molar-refractivity contribution in [2.24, 2.45) is 0 Å². The molecule has 2 aromatic rings. The quantitative estimate of drug-likeness (QED) is 0.777. The Morgan fingerprint density at radius 1 is 1.29 bits per heavy atom. The van der Waals surface area contributed by atoms with E-state index in [1.165, 1.54) is 4.88 Å². The molecule has 1 saturated heterocycles. The summed E-state index contributed by atoms with van der Waals surface area (Å²) in [7, 11) is 0. The monoisotopic (exact) mass is 346 g/mol. The number of rotatable bonds is 5. The second-order valence-electron chi connectivity index (χ2n) is 6.82. The van der Waals surface area contributed by atoms with Gasteiger partial charge in [0.2, 0.25) is 0 Å². The summed E-state index contributed by atoms with van der Waals surface area (Å²) in [4.78, 5) is 16.3. The lowest BCUT2D eigenvalue weighted by molar-refractivity contribution is -0.0652. The van der Waals surface area contributed by atoms with Gasteiger partial charge in [-0.2, -0.15) is 0 Å². The van der Waals surface area contributed by atoms with E-state index >= 15 is 0 Å². The van der Waals surface area contributed by atoms with Gasteiger partial charge in [-0.25, -0.2) is 0 Å². The van der Waals surface area contributed by atoms with Gasteiger partial charge in [0.1, 0.15) is 0 Å². The molecule has 0 amide bonds. The Kier molecular flexibility index (Phi) is 5.23. The van der Waals surface area contributed by atoms with Crippen LogP contribution in [0.5, 0.6) is 0 Å². The van der Waals surface area contributed by atoms with E-state index in [2.05, 4.69) is 54.7 Å². The molecule has 0 aromatic carbocycles. The zero-order valence-electron chi connectivity index (χ0n) is 14.9. The van der Waals surface area contributed by atoms with Gasteiger partial charge < -0.3 is 9.30 Å². The van der Waals surface area contributed by atoms with E-state index in [-0.39, 0.29) is 18.0 Å². The van der Waals surface area contributed by atoms with Crippen LogP contribution in [-0.2, 0) is 11.3 Å². The Hall–Kier alpha value is -1.43. The molecular weight excluding hydrogens is 320 g/mol. The fraction of sp³-hybridized carbons (Fsp3) is 0.526. The molecule has 130 valence electrons. The highest BCUT2D eigenvalue weighted by atomic mass is 32.1. The van der Waals surface area contributed by atoms with Crippen LogP contribution in [0.15, 0.2) is 23.6 Å². The minimum Gasteiger partial charge on any atom is -0.373 e. The normalized spacial score (nSPS) is 22.0. The highest BCUT2D eigenvalue weighted by Gasteiger charge is 2.25. The zero-order valence-corrected chi connectivity index (χ0v) is 15.7. The van der Waals surface area contributed by atoms with Crippen LogP contribution in [0.4, 0.5) is 0 Å². The van der Waals surface area contributed by atoms with Crippen molar-refractivity contribution in [3.63, 3.8) is 0 Å². The fourth-order valence-corrected chi connectivity index (χ4v) is 4.28. The molecule has 24 heavy (non-hydrogen) atoms. The minimum atomic E-state index is 0.188. The number of Topliss-reactive ketones (excluding diaryl/α,β-unsaturated/α-hetero) is 1. The van der Waals surface area contributed by atoms with E-state index < -0.39 is 0 Å². The molecule has 3 heterocycles. The first-order valence-electron chi connectivity index (χ1n) is 8.54. The average Bonchev–Trinajstić information content (AvgIpc) is 3.10. The van der Waals surface area contributed by atoms with Gasteiger partial charge >= 0.3 is 0 Å². The first-order chi connectivity index (χ1) is 11.4. The van der Waals surface area contributed by atoms with Gasteiger partial charge in [-0.1, -0.05) is 6.07 Å². The Morgan fingerprint density at radius 2 is 2.00 bits per heavy atom. The predicted octanol–water partition coefficient (Wildman–Crippen LogP) is 3.51. The van der Waals surface area contributed by atoms with E-state index in [1.54, 1.807) is 11.3 Å². The highest BCUT2D eigenvalue weighted by Crippen LogP contribution is 2.20. The maximum absolute atomic E-state index is 12.8. The Balaban J connectivity index is 1.73. The summed E-state index contributed by atoms with van der Waals surface area (Å²) in [6.07, 6.45) is 0.376. The second kappa shape index (κ2) is 7.21. The van der Waals surface area contributed by atoms with Crippen LogP contribution in [0.1, 0.15) is 40.5 Å². The first-order valence-corrected chi connectivity index (χ1v) is 9.42. The third-order valence-corrected chi connectivity index (χ3v) is 5.49. The molecule has 2 aromatic heterocycles. The third-order valence-electron chi connectivity index (χ3n) is 4.63. The summed E-state index contributed by atoms with van der Waals surface area (Å²) < 4.78 is 7.99. The molecule has 1 fully saturated rings. The van der Waals surface area contributed by atoms with Gasteiger partial charge in [0.25, 0.3) is 0 Å².